The number of benzene rings is 3. The highest BCUT2D eigenvalue weighted by Crippen LogP contribution is 2.37. The standard InChI is InChI=1S/C31H30F4N2O2S/c1-30(2,3)21-9-5-19(6-10-21)18-40-28(36-24-15-13-23(32)14-16-24)27-26(38)17-25(37(4)29(27)39)20-7-11-22(12-8-20)31(33,34)35/h5-16,25,36H,17-18H2,1-4H3. The number of alkyl halides is 3. The first-order valence-corrected chi connectivity index (χ1v) is 13.7. The van der Waals surface area contributed by atoms with Gasteiger partial charge in [-0.1, -0.05) is 57.2 Å². The van der Waals surface area contributed by atoms with E-state index < -0.39 is 35.3 Å². The van der Waals surface area contributed by atoms with Crippen molar-refractivity contribution in [2.75, 3.05) is 12.4 Å². The Morgan fingerprint density at radius 1 is 0.900 bits per heavy atom. The van der Waals surface area contributed by atoms with Crippen LogP contribution in [0.1, 0.15) is 55.5 Å². The maximum Gasteiger partial charge on any atom is 0.416 e. The molecule has 1 N–H and O–H groups in total. The highest BCUT2D eigenvalue weighted by molar-refractivity contribution is 8.02. The molecule has 4 rings (SSSR count). The molecule has 3 aromatic rings. The van der Waals surface area contributed by atoms with E-state index in [1.807, 2.05) is 12.1 Å². The molecule has 0 radical (unpaired) electrons. The summed E-state index contributed by atoms with van der Waals surface area (Å²) in [6, 6.07) is 17.5. The molecule has 1 unspecified atom stereocenters. The van der Waals surface area contributed by atoms with Gasteiger partial charge in [-0.05, 0) is 58.5 Å². The molecule has 0 saturated carbocycles. The maximum atomic E-state index is 13.6. The molecule has 0 spiro atoms. The summed E-state index contributed by atoms with van der Waals surface area (Å²) in [6.07, 6.45) is -4.57. The van der Waals surface area contributed by atoms with Gasteiger partial charge >= 0.3 is 6.18 Å². The summed E-state index contributed by atoms with van der Waals surface area (Å²) in [4.78, 5) is 28.3. The van der Waals surface area contributed by atoms with Crippen LogP contribution < -0.4 is 5.32 Å². The van der Waals surface area contributed by atoms with E-state index >= 15 is 0 Å². The number of hydrogen-bond acceptors (Lipinski definition) is 4. The predicted molar refractivity (Wildman–Crippen MR) is 150 cm³/mol. The van der Waals surface area contributed by atoms with Gasteiger partial charge in [0.05, 0.1) is 16.6 Å². The van der Waals surface area contributed by atoms with E-state index in [-0.39, 0.29) is 17.4 Å². The van der Waals surface area contributed by atoms with E-state index in [4.69, 9.17) is 0 Å². The Labute approximate surface area is 235 Å². The zero-order chi connectivity index (χ0) is 29.2. The number of thioether (sulfide) groups is 1. The molecule has 0 bridgehead atoms. The summed E-state index contributed by atoms with van der Waals surface area (Å²) in [5.74, 6) is -0.922. The predicted octanol–water partition coefficient (Wildman–Crippen LogP) is 7.87. The molecule has 1 atom stereocenters. The second-order valence-electron chi connectivity index (χ2n) is 10.8. The van der Waals surface area contributed by atoms with Gasteiger partial charge < -0.3 is 10.2 Å². The molecule has 1 aliphatic heterocycles. The topological polar surface area (TPSA) is 49.4 Å². The van der Waals surface area contributed by atoms with Crippen molar-refractivity contribution >= 4 is 29.1 Å². The Balaban J connectivity index is 1.63. The third-order valence-electron chi connectivity index (χ3n) is 6.81. The molecule has 1 saturated heterocycles. The van der Waals surface area contributed by atoms with Crippen molar-refractivity contribution in [1.82, 2.24) is 4.90 Å². The molecule has 1 amide bonds. The average molecular weight is 571 g/mol. The zero-order valence-electron chi connectivity index (χ0n) is 22.6. The second-order valence-corrected chi connectivity index (χ2v) is 11.7. The first-order chi connectivity index (χ1) is 18.7. The smallest absolute Gasteiger partial charge is 0.349 e. The van der Waals surface area contributed by atoms with Crippen LogP contribution in [-0.4, -0.2) is 23.6 Å². The molecule has 1 fully saturated rings. The lowest BCUT2D eigenvalue weighted by Crippen LogP contribution is -2.41. The number of nitrogens with zero attached hydrogens (tertiary/aromatic N) is 1. The lowest BCUT2D eigenvalue weighted by Gasteiger charge is -2.34. The van der Waals surface area contributed by atoms with Crippen LogP contribution >= 0.6 is 11.8 Å². The summed E-state index contributed by atoms with van der Waals surface area (Å²) in [5.41, 5.74) is 2.28. The van der Waals surface area contributed by atoms with Crippen LogP contribution in [0.3, 0.4) is 0 Å². The van der Waals surface area contributed by atoms with Gasteiger partial charge in [0, 0.05) is 24.9 Å². The van der Waals surface area contributed by atoms with E-state index in [0.29, 0.717) is 22.0 Å². The molecule has 0 aromatic heterocycles. The number of hydrogen-bond donors (Lipinski definition) is 1. The quantitative estimate of drug-likeness (QED) is 0.186. The number of carbonyl (C=O) groups is 2. The minimum atomic E-state index is -4.48. The molecule has 3 aromatic carbocycles. The van der Waals surface area contributed by atoms with Gasteiger partial charge in [-0.2, -0.15) is 13.2 Å². The van der Waals surface area contributed by atoms with Crippen LogP contribution in [0.5, 0.6) is 0 Å². The van der Waals surface area contributed by atoms with Gasteiger partial charge in [0.2, 0.25) is 0 Å². The van der Waals surface area contributed by atoms with E-state index in [1.54, 1.807) is 0 Å². The van der Waals surface area contributed by atoms with Gasteiger partial charge in [-0.3, -0.25) is 9.59 Å². The summed E-state index contributed by atoms with van der Waals surface area (Å²) in [5, 5.41) is 3.46. The molecule has 210 valence electrons. The van der Waals surface area contributed by atoms with Crippen LogP contribution in [0.25, 0.3) is 0 Å². The molecule has 9 heteroatoms. The fourth-order valence-electron chi connectivity index (χ4n) is 4.40. The Bertz CT molecular complexity index is 1410. The van der Waals surface area contributed by atoms with Gasteiger partial charge in [-0.15, -0.1) is 11.8 Å². The van der Waals surface area contributed by atoms with Crippen LogP contribution in [0, 0.1) is 5.82 Å². The summed E-state index contributed by atoms with van der Waals surface area (Å²) >= 11 is 1.29. The maximum absolute atomic E-state index is 13.6. The third kappa shape index (κ3) is 6.75. The number of carbonyl (C=O) groups excluding carboxylic acids is 2. The number of rotatable bonds is 6. The molecule has 40 heavy (non-hydrogen) atoms. The van der Waals surface area contributed by atoms with Crippen LogP contribution in [0.4, 0.5) is 23.2 Å². The van der Waals surface area contributed by atoms with Crippen molar-refractivity contribution in [3.63, 3.8) is 0 Å². The Hall–Kier alpha value is -3.59. The SMILES string of the molecule is CN1C(=O)C(=C(Nc2ccc(F)cc2)SCc2ccc(C(C)(C)C)cc2)C(=O)CC1c1ccc(C(F)(F)F)cc1. The molecule has 4 nitrogen and oxygen atoms in total. The van der Waals surface area contributed by atoms with Crippen molar-refractivity contribution in [3.8, 4) is 0 Å². The van der Waals surface area contributed by atoms with Crippen LogP contribution in [0.2, 0.25) is 0 Å². The van der Waals surface area contributed by atoms with Crippen molar-refractivity contribution in [3.05, 3.63) is 111 Å². The van der Waals surface area contributed by atoms with Gasteiger partial charge in [0.15, 0.2) is 5.78 Å². The second kappa shape index (κ2) is 11.5. The van der Waals surface area contributed by atoms with Crippen molar-refractivity contribution < 1.29 is 27.2 Å². The first kappa shape index (κ1) is 29.4. The van der Waals surface area contributed by atoms with Crippen molar-refractivity contribution in [2.24, 2.45) is 0 Å². The van der Waals surface area contributed by atoms with Crippen molar-refractivity contribution in [1.29, 1.82) is 0 Å². The monoisotopic (exact) mass is 570 g/mol. The van der Waals surface area contributed by atoms with Crippen molar-refractivity contribution in [2.45, 2.75) is 50.6 Å². The summed E-state index contributed by atoms with van der Waals surface area (Å²) < 4.78 is 52.6. The van der Waals surface area contributed by atoms with E-state index in [9.17, 15) is 27.2 Å². The highest BCUT2D eigenvalue weighted by Gasteiger charge is 2.38. The van der Waals surface area contributed by atoms with E-state index in [2.05, 4.69) is 38.2 Å². The Morgan fingerprint density at radius 3 is 2.02 bits per heavy atom. The fraction of sp³-hybridized carbons (Fsp3) is 0.290. The average Bonchev–Trinajstić information content (AvgIpc) is 2.90. The highest BCUT2D eigenvalue weighted by atomic mass is 32.2. The lowest BCUT2D eigenvalue weighted by molar-refractivity contribution is -0.138. The minimum Gasteiger partial charge on any atom is -0.349 e. The minimum absolute atomic E-state index is 0.00191. The largest absolute Gasteiger partial charge is 0.416 e. The Morgan fingerprint density at radius 2 is 1.48 bits per heavy atom. The zero-order valence-corrected chi connectivity index (χ0v) is 23.4. The lowest BCUT2D eigenvalue weighted by atomic mass is 9.87. The van der Waals surface area contributed by atoms with Gasteiger partial charge in [-0.25, -0.2) is 4.39 Å². The number of likely N-dealkylation sites (N-methyl/N-ethyl adjacent to an activating group) is 1. The molecule has 1 aliphatic rings. The number of nitrogens with one attached hydrogen (secondary N) is 1. The van der Waals surface area contributed by atoms with Crippen LogP contribution in [-0.2, 0) is 26.9 Å². The molecule has 1 heterocycles. The normalized spacial score (nSPS) is 17.7. The summed E-state index contributed by atoms with van der Waals surface area (Å²) in [6.45, 7) is 6.38. The first-order valence-electron chi connectivity index (χ1n) is 12.7. The summed E-state index contributed by atoms with van der Waals surface area (Å²) in [7, 11) is 1.53. The Kier molecular flexibility index (Phi) is 8.44. The fourth-order valence-corrected chi connectivity index (χ4v) is 5.44. The molecular formula is C31H30F4N2O2S. The van der Waals surface area contributed by atoms with Gasteiger partial charge in [0.1, 0.15) is 11.4 Å². The molecular weight excluding hydrogens is 540 g/mol. The number of amides is 1. The number of ketones is 1. The number of piperidine rings is 1. The number of halogens is 4. The number of anilines is 1. The van der Waals surface area contributed by atoms with Crippen LogP contribution in [0.15, 0.2) is 83.4 Å². The van der Waals surface area contributed by atoms with E-state index in [0.717, 1.165) is 17.7 Å². The third-order valence-corrected chi connectivity index (χ3v) is 7.89. The number of Topliss-reactive ketones (excluding diaryl/α,β-unsaturated/α-hetero) is 1. The number of likely N-dealkylation sites (tertiary alicyclic amines) is 1. The van der Waals surface area contributed by atoms with Gasteiger partial charge in [0.25, 0.3) is 5.91 Å². The molecule has 0 aliphatic carbocycles. The van der Waals surface area contributed by atoms with E-state index in [1.165, 1.54) is 65.7 Å².